The van der Waals surface area contributed by atoms with Crippen molar-refractivity contribution in [2.24, 2.45) is 0 Å². The molecule has 3 heterocycles. The van der Waals surface area contributed by atoms with Crippen molar-refractivity contribution in [1.82, 2.24) is 9.80 Å². The summed E-state index contributed by atoms with van der Waals surface area (Å²) in [7, 11) is 0. The Kier molecular flexibility index (Phi) is 4.24. The van der Waals surface area contributed by atoms with Crippen molar-refractivity contribution in [3.63, 3.8) is 0 Å². The van der Waals surface area contributed by atoms with E-state index in [1.807, 2.05) is 41.5 Å². The molecule has 2 N–H and O–H groups in total. The summed E-state index contributed by atoms with van der Waals surface area (Å²) in [6.45, 7) is 11.9. The smallest absolute Gasteiger partial charge is 0.286 e. The number of likely N-dealkylation sites (tertiary alicyclic amines) is 2. The third-order valence-electron chi connectivity index (χ3n) is 5.47. The van der Waals surface area contributed by atoms with Gasteiger partial charge in [0, 0.05) is 24.2 Å². The largest absolute Gasteiger partial charge is 0.356 e. The van der Waals surface area contributed by atoms with E-state index < -0.39 is 46.7 Å². The summed E-state index contributed by atoms with van der Waals surface area (Å²) in [5, 5.41) is 22.0. The predicted molar refractivity (Wildman–Crippen MR) is 91.8 cm³/mol. The lowest BCUT2D eigenvalue weighted by Crippen LogP contribution is -2.78. The molecule has 0 aliphatic carbocycles. The zero-order valence-corrected chi connectivity index (χ0v) is 16.4. The number of nitrogens with zero attached hydrogens (tertiary/aromatic N) is 2. The van der Waals surface area contributed by atoms with E-state index >= 15 is 0 Å². The fourth-order valence-electron chi connectivity index (χ4n) is 3.99. The van der Waals surface area contributed by atoms with Crippen LogP contribution in [0.25, 0.3) is 0 Å². The topological polar surface area (TPSA) is 99.5 Å². The molecule has 3 rings (SSSR count). The van der Waals surface area contributed by atoms with Gasteiger partial charge in [-0.2, -0.15) is 0 Å². The third-order valence-corrected chi connectivity index (χ3v) is 5.47. The predicted octanol–water partition coefficient (Wildman–Crippen LogP) is 0.209. The molecule has 8 nitrogen and oxygen atoms in total. The molecule has 4 atom stereocenters. The fourth-order valence-corrected chi connectivity index (χ4v) is 3.99. The van der Waals surface area contributed by atoms with E-state index in [0.29, 0.717) is 13.1 Å². The summed E-state index contributed by atoms with van der Waals surface area (Å²) in [6, 6.07) is 0. The summed E-state index contributed by atoms with van der Waals surface area (Å²) in [4.78, 5) is 28.9. The third kappa shape index (κ3) is 2.74. The van der Waals surface area contributed by atoms with Crippen molar-refractivity contribution in [2.75, 3.05) is 13.1 Å². The van der Waals surface area contributed by atoms with Crippen LogP contribution in [0, 0.1) is 0 Å². The number of hydrogen-bond acceptors (Lipinski definition) is 6. The number of carbonyl (C=O) groups is 2. The first-order valence-electron chi connectivity index (χ1n) is 9.16. The molecule has 0 unspecified atom stereocenters. The van der Waals surface area contributed by atoms with Gasteiger partial charge in [-0.15, -0.1) is 0 Å². The van der Waals surface area contributed by atoms with Crippen LogP contribution in [0.3, 0.4) is 0 Å². The molecule has 3 aliphatic heterocycles. The van der Waals surface area contributed by atoms with E-state index in [1.165, 1.54) is 0 Å². The number of rotatable bonds is 0. The maximum Gasteiger partial charge on any atom is 0.286 e. The van der Waals surface area contributed by atoms with Crippen molar-refractivity contribution in [3.8, 4) is 0 Å². The number of ether oxygens (including phenoxy) is 2. The number of amides is 2. The maximum atomic E-state index is 12.9. The summed E-state index contributed by atoms with van der Waals surface area (Å²) in [6.07, 6.45) is -1.67. The zero-order chi connectivity index (χ0) is 19.7. The van der Waals surface area contributed by atoms with Crippen LogP contribution in [-0.4, -0.2) is 79.8 Å². The van der Waals surface area contributed by atoms with Crippen molar-refractivity contribution in [3.05, 3.63) is 0 Å². The number of aliphatic hydroxyl groups is 2. The second-order valence-electron chi connectivity index (χ2n) is 9.44. The van der Waals surface area contributed by atoms with Crippen LogP contribution in [0.15, 0.2) is 0 Å². The Bertz CT molecular complexity index is 570. The summed E-state index contributed by atoms with van der Waals surface area (Å²) < 4.78 is 11.4. The number of fused-ring (bicyclic) bond motifs is 2. The van der Waals surface area contributed by atoms with Gasteiger partial charge < -0.3 is 29.5 Å². The van der Waals surface area contributed by atoms with Crippen LogP contribution in [-0.2, 0) is 19.1 Å². The van der Waals surface area contributed by atoms with Crippen LogP contribution in [0.4, 0.5) is 0 Å². The molecule has 26 heavy (non-hydrogen) atoms. The quantitative estimate of drug-likeness (QED) is 0.632. The van der Waals surface area contributed by atoms with Crippen molar-refractivity contribution < 1.29 is 29.3 Å². The lowest BCUT2D eigenvalue weighted by Gasteiger charge is -2.57. The first-order valence-corrected chi connectivity index (χ1v) is 9.16. The fraction of sp³-hybridized carbons (Fsp3) is 0.889. The van der Waals surface area contributed by atoms with Crippen LogP contribution in [0.2, 0.25) is 0 Å². The Morgan fingerprint density at radius 1 is 0.808 bits per heavy atom. The number of hydrogen-bond donors (Lipinski definition) is 2. The molecule has 3 saturated heterocycles. The molecule has 3 fully saturated rings. The lowest BCUT2D eigenvalue weighted by molar-refractivity contribution is -0.410. The Balaban J connectivity index is 1.91. The van der Waals surface area contributed by atoms with Crippen LogP contribution in [0.5, 0.6) is 0 Å². The second-order valence-corrected chi connectivity index (χ2v) is 9.44. The molecule has 0 saturated carbocycles. The standard InChI is InChI=1S/C18H30N2O6/c1-15(2,3)19-9-7-11-17(23,13(19)21)25-12-8-10-20(16(4,5)6)14(22)18(12,24)26-11/h11-12,23-24H,7-10H2,1-6H3/t11-,12-,17-,18-/m0/s1. The van der Waals surface area contributed by atoms with E-state index in [2.05, 4.69) is 0 Å². The summed E-state index contributed by atoms with van der Waals surface area (Å²) >= 11 is 0. The monoisotopic (exact) mass is 370 g/mol. The lowest BCUT2D eigenvalue weighted by atomic mass is 9.88. The number of piperidine rings is 2. The van der Waals surface area contributed by atoms with Gasteiger partial charge >= 0.3 is 0 Å². The normalized spacial score (nSPS) is 38.9. The maximum absolute atomic E-state index is 12.9. The number of carbonyl (C=O) groups excluding carboxylic acids is 2. The van der Waals surface area contributed by atoms with Crippen molar-refractivity contribution in [1.29, 1.82) is 0 Å². The molecule has 0 radical (unpaired) electrons. The molecule has 3 aliphatic rings. The van der Waals surface area contributed by atoms with E-state index in [0.717, 1.165) is 0 Å². The zero-order valence-electron chi connectivity index (χ0n) is 16.4. The summed E-state index contributed by atoms with van der Waals surface area (Å²) in [5.41, 5.74) is -0.972. The molecule has 8 heteroatoms. The highest BCUT2D eigenvalue weighted by molar-refractivity contribution is 5.88. The summed E-state index contributed by atoms with van der Waals surface area (Å²) in [5.74, 6) is -5.55. The van der Waals surface area contributed by atoms with Gasteiger partial charge in [-0.05, 0) is 54.4 Å². The second kappa shape index (κ2) is 5.64. The molecule has 0 aromatic carbocycles. The van der Waals surface area contributed by atoms with Gasteiger partial charge in [0.05, 0.1) is 0 Å². The molecule has 148 valence electrons. The highest BCUT2D eigenvalue weighted by atomic mass is 16.7. The average Bonchev–Trinajstić information content (AvgIpc) is 2.46. The average molecular weight is 370 g/mol. The molecular formula is C18H30N2O6. The van der Waals surface area contributed by atoms with Gasteiger partial charge in [-0.25, -0.2) is 0 Å². The van der Waals surface area contributed by atoms with Crippen LogP contribution < -0.4 is 0 Å². The van der Waals surface area contributed by atoms with Crippen molar-refractivity contribution in [2.45, 2.75) is 89.2 Å². The minimum atomic E-state index is -2.19. The van der Waals surface area contributed by atoms with Crippen molar-refractivity contribution >= 4 is 11.8 Å². The van der Waals surface area contributed by atoms with E-state index in [1.54, 1.807) is 9.80 Å². The molecule has 0 bridgehead atoms. The first kappa shape index (κ1) is 19.5. The van der Waals surface area contributed by atoms with E-state index in [-0.39, 0.29) is 12.8 Å². The Labute approximate surface area is 154 Å². The Morgan fingerprint density at radius 2 is 1.12 bits per heavy atom. The minimum Gasteiger partial charge on any atom is -0.356 e. The van der Waals surface area contributed by atoms with Crippen LogP contribution in [0.1, 0.15) is 54.4 Å². The van der Waals surface area contributed by atoms with Gasteiger partial charge in [0.1, 0.15) is 12.2 Å². The highest BCUT2D eigenvalue weighted by Crippen LogP contribution is 2.44. The highest BCUT2D eigenvalue weighted by Gasteiger charge is 2.67. The van der Waals surface area contributed by atoms with Gasteiger partial charge in [0.25, 0.3) is 23.4 Å². The molecule has 0 aromatic rings. The molecule has 0 spiro atoms. The van der Waals surface area contributed by atoms with E-state index in [9.17, 15) is 19.8 Å². The SMILES string of the molecule is CC(C)(C)N1CC[C@@H]2O[C@]3(O)C(=O)N(C(C)(C)C)CC[C@@H]3O[C@]2(O)C1=O. The molecular weight excluding hydrogens is 340 g/mol. The van der Waals surface area contributed by atoms with Gasteiger partial charge in [-0.1, -0.05) is 0 Å². The van der Waals surface area contributed by atoms with Gasteiger partial charge in [-0.3, -0.25) is 9.59 Å². The van der Waals surface area contributed by atoms with Gasteiger partial charge in [0.2, 0.25) is 0 Å². The molecule has 2 amide bonds. The Morgan fingerprint density at radius 3 is 1.38 bits per heavy atom. The first-order chi connectivity index (χ1) is 11.7. The van der Waals surface area contributed by atoms with E-state index in [4.69, 9.17) is 9.47 Å². The minimum absolute atomic E-state index is 0.261. The van der Waals surface area contributed by atoms with Gasteiger partial charge in [0.15, 0.2) is 0 Å². The molecule has 0 aromatic heterocycles. The Hall–Kier alpha value is -1.22. The van der Waals surface area contributed by atoms with Crippen LogP contribution >= 0.6 is 0 Å².